The highest BCUT2D eigenvalue weighted by atomic mass is 16.5. The molecule has 1 aromatic heterocycles. The normalized spacial score (nSPS) is 15.6. The monoisotopic (exact) mass is 373 g/mol. The lowest BCUT2D eigenvalue weighted by atomic mass is 9.83. The average Bonchev–Trinajstić information content (AvgIpc) is 2.72. The maximum Gasteiger partial charge on any atom is 0.256 e. The van der Waals surface area contributed by atoms with Gasteiger partial charge in [-0.25, -0.2) is 0 Å². The van der Waals surface area contributed by atoms with E-state index in [4.69, 9.17) is 15.2 Å². The van der Waals surface area contributed by atoms with E-state index in [1.807, 2.05) is 49.4 Å². The van der Waals surface area contributed by atoms with E-state index >= 15 is 0 Å². The van der Waals surface area contributed by atoms with Crippen LogP contribution in [0.2, 0.25) is 0 Å². The van der Waals surface area contributed by atoms with E-state index in [2.05, 4.69) is 11.1 Å². The minimum atomic E-state index is -0.609. The van der Waals surface area contributed by atoms with E-state index in [0.29, 0.717) is 23.4 Å². The van der Waals surface area contributed by atoms with Crippen molar-refractivity contribution in [2.45, 2.75) is 19.3 Å². The molecule has 0 saturated heterocycles. The standard InChI is InChI=1S/C22H19N3O3/c1-2-11-27-14-9-7-13(8-10-14)18-16(12-23)21(24)28-20-15-5-3-4-6-17(15)25-22(26)19(18)20/h3-10,18H,2,11,24H2,1H3,(H,25,26). The fourth-order valence-electron chi connectivity index (χ4n) is 3.48. The molecule has 6 nitrogen and oxygen atoms in total. The number of nitriles is 1. The summed E-state index contributed by atoms with van der Waals surface area (Å²) < 4.78 is 11.4. The van der Waals surface area contributed by atoms with Crippen molar-refractivity contribution in [2.24, 2.45) is 5.73 Å². The Kier molecular flexibility index (Phi) is 4.50. The molecule has 3 aromatic rings. The molecule has 0 radical (unpaired) electrons. The molecule has 0 amide bonds. The number of para-hydroxylation sites is 1. The zero-order valence-electron chi connectivity index (χ0n) is 15.4. The first kappa shape index (κ1) is 17.7. The van der Waals surface area contributed by atoms with Crippen LogP contribution >= 0.6 is 0 Å². The number of ether oxygens (including phenoxy) is 2. The lowest BCUT2D eigenvalue weighted by molar-refractivity contribution is 0.317. The molecule has 6 heteroatoms. The van der Waals surface area contributed by atoms with Gasteiger partial charge < -0.3 is 20.2 Å². The number of hydrogen-bond donors (Lipinski definition) is 2. The molecule has 0 spiro atoms. The van der Waals surface area contributed by atoms with Crippen molar-refractivity contribution in [1.82, 2.24) is 4.98 Å². The molecule has 2 aromatic carbocycles. The highest BCUT2D eigenvalue weighted by Gasteiger charge is 2.34. The van der Waals surface area contributed by atoms with Gasteiger partial charge in [0.15, 0.2) is 0 Å². The highest BCUT2D eigenvalue weighted by molar-refractivity contribution is 5.87. The summed E-state index contributed by atoms with van der Waals surface area (Å²) in [5.74, 6) is 0.539. The molecule has 1 aliphatic heterocycles. The zero-order chi connectivity index (χ0) is 19.7. The van der Waals surface area contributed by atoms with Crippen LogP contribution in [0, 0.1) is 11.3 Å². The highest BCUT2D eigenvalue weighted by Crippen LogP contribution is 2.43. The third kappa shape index (κ3) is 2.87. The number of fused-ring (bicyclic) bond motifs is 3. The number of pyridine rings is 1. The summed E-state index contributed by atoms with van der Waals surface area (Å²) in [5.41, 5.74) is 7.79. The number of nitrogens with zero attached hydrogens (tertiary/aromatic N) is 1. The van der Waals surface area contributed by atoms with Crippen molar-refractivity contribution in [3.63, 3.8) is 0 Å². The number of nitrogens with one attached hydrogen (secondary N) is 1. The van der Waals surface area contributed by atoms with Crippen molar-refractivity contribution in [3.8, 4) is 17.6 Å². The summed E-state index contributed by atoms with van der Waals surface area (Å²) in [5, 5.41) is 10.4. The number of H-pyrrole nitrogens is 1. The SMILES string of the molecule is CCCOc1ccc(C2C(C#N)=C(N)Oc3c2c(=O)[nH]c2ccccc32)cc1. The van der Waals surface area contributed by atoms with E-state index in [0.717, 1.165) is 23.1 Å². The van der Waals surface area contributed by atoms with Crippen LogP contribution in [-0.4, -0.2) is 11.6 Å². The first-order valence-electron chi connectivity index (χ1n) is 9.09. The minimum Gasteiger partial charge on any atom is -0.494 e. The first-order chi connectivity index (χ1) is 13.6. The fourth-order valence-corrected chi connectivity index (χ4v) is 3.48. The molecular formula is C22H19N3O3. The van der Waals surface area contributed by atoms with Gasteiger partial charge in [0.25, 0.3) is 5.56 Å². The third-order valence-electron chi connectivity index (χ3n) is 4.77. The number of aromatic amines is 1. The van der Waals surface area contributed by atoms with Gasteiger partial charge in [-0.3, -0.25) is 4.79 Å². The largest absolute Gasteiger partial charge is 0.494 e. The zero-order valence-corrected chi connectivity index (χ0v) is 15.4. The lowest BCUT2D eigenvalue weighted by Crippen LogP contribution is -2.27. The Morgan fingerprint density at radius 2 is 1.96 bits per heavy atom. The fraction of sp³-hybridized carbons (Fsp3) is 0.182. The first-order valence-corrected chi connectivity index (χ1v) is 9.09. The maximum atomic E-state index is 12.9. The second-order valence-electron chi connectivity index (χ2n) is 6.58. The van der Waals surface area contributed by atoms with E-state index in [1.54, 1.807) is 6.07 Å². The van der Waals surface area contributed by atoms with Gasteiger partial charge >= 0.3 is 0 Å². The Bertz CT molecular complexity index is 1170. The molecule has 140 valence electrons. The molecule has 0 aliphatic carbocycles. The van der Waals surface area contributed by atoms with E-state index < -0.39 is 5.92 Å². The predicted octanol–water partition coefficient (Wildman–Crippen LogP) is 3.54. The molecule has 0 saturated carbocycles. The third-order valence-corrected chi connectivity index (χ3v) is 4.77. The number of hydrogen-bond acceptors (Lipinski definition) is 5. The summed E-state index contributed by atoms with van der Waals surface area (Å²) in [6.45, 7) is 2.66. The Morgan fingerprint density at radius 1 is 1.21 bits per heavy atom. The van der Waals surface area contributed by atoms with Gasteiger partial charge in [0.2, 0.25) is 5.88 Å². The Morgan fingerprint density at radius 3 is 2.68 bits per heavy atom. The van der Waals surface area contributed by atoms with Gasteiger partial charge in [0.05, 0.1) is 23.6 Å². The van der Waals surface area contributed by atoms with Crippen LogP contribution in [0.5, 0.6) is 11.5 Å². The molecule has 3 N–H and O–H groups in total. The van der Waals surface area contributed by atoms with Crippen LogP contribution in [0.1, 0.15) is 30.4 Å². The average molecular weight is 373 g/mol. The van der Waals surface area contributed by atoms with Crippen LogP contribution < -0.4 is 20.8 Å². The quantitative estimate of drug-likeness (QED) is 0.728. The topological polar surface area (TPSA) is 101 Å². The van der Waals surface area contributed by atoms with Crippen LogP contribution in [0.25, 0.3) is 10.9 Å². The molecule has 0 fully saturated rings. The van der Waals surface area contributed by atoms with Crippen LogP contribution in [0.15, 0.2) is 64.8 Å². The van der Waals surface area contributed by atoms with Crippen molar-refractivity contribution < 1.29 is 9.47 Å². The van der Waals surface area contributed by atoms with E-state index in [-0.39, 0.29) is 17.0 Å². The van der Waals surface area contributed by atoms with Gasteiger partial charge in [-0.2, -0.15) is 5.26 Å². The van der Waals surface area contributed by atoms with Gasteiger partial charge in [-0.15, -0.1) is 0 Å². The lowest BCUT2D eigenvalue weighted by Gasteiger charge is -2.26. The summed E-state index contributed by atoms with van der Waals surface area (Å²) >= 11 is 0. The van der Waals surface area contributed by atoms with Crippen molar-refractivity contribution >= 4 is 10.9 Å². The van der Waals surface area contributed by atoms with Crippen LogP contribution in [0.3, 0.4) is 0 Å². The number of benzene rings is 2. The van der Waals surface area contributed by atoms with Gasteiger partial charge in [-0.05, 0) is 36.2 Å². The van der Waals surface area contributed by atoms with Crippen molar-refractivity contribution in [3.05, 3.63) is 81.5 Å². The molecule has 2 heterocycles. The molecule has 4 rings (SSSR count). The summed E-state index contributed by atoms with van der Waals surface area (Å²) in [7, 11) is 0. The smallest absolute Gasteiger partial charge is 0.256 e. The number of nitrogens with two attached hydrogens (primary N) is 1. The number of rotatable bonds is 4. The second-order valence-corrected chi connectivity index (χ2v) is 6.58. The predicted molar refractivity (Wildman–Crippen MR) is 106 cm³/mol. The Labute approximate surface area is 161 Å². The van der Waals surface area contributed by atoms with Crippen molar-refractivity contribution in [2.75, 3.05) is 6.61 Å². The summed E-state index contributed by atoms with van der Waals surface area (Å²) in [4.78, 5) is 15.8. The molecule has 28 heavy (non-hydrogen) atoms. The number of aromatic nitrogens is 1. The molecule has 1 atom stereocenters. The number of allylic oxidation sites excluding steroid dienone is 1. The Hall–Kier alpha value is -3.72. The van der Waals surface area contributed by atoms with Gasteiger partial charge in [0.1, 0.15) is 23.1 Å². The van der Waals surface area contributed by atoms with E-state index in [9.17, 15) is 10.1 Å². The molecule has 1 unspecified atom stereocenters. The molecule has 1 aliphatic rings. The second kappa shape index (κ2) is 7.12. The maximum absolute atomic E-state index is 12.9. The summed E-state index contributed by atoms with van der Waals surface area (Å²) in [6, 6.07) is 16.8. The van der Waals surface area contributed by atoms with Crippen LogP contribution in [0.4, 0.5) is 0 Å². The molecular weight excluding hydrogens is 354 g/mol. The molecule has 0 bridgehead atoms. The van der Waals surface area contributed by atoms with E-state index in [1.165, 1.54) is 0 Å². The minimum absolute atomic E-state index is 0.0158. The Balaban J connectivity index is 1.91. The summed E-state index contributed by atoms with van der Waals surface area (Å²) in [6.07, 6.45) is 0.912. The van der Waals surface area contributed by atoms with Gasteiger partial charge in [0, 0.05) is 5.39 Å². The van der Waals surface area contributed by atoms with Crippen LogP contribution in [-0.2, 0) is 0 Å². The van der Waals surface area contributed by atoms with Gasteiger partial charge in [-0.1, -0.05) is 31.2 Å². The van der Waals surface area contributed by atoms with Crippen molar-refractivity contribution in [1.29, 1.82) is 5.26 Å².